The number of carbonyl (C=O) groups excluding carboxylic acids is 2. The molecule has 3 rings (SSSR count). The highest BCUT2D eigenvalue weighted by molar-refractivity contribution is 7.92. The monoisotopic (exact) mass is 391 g/mol. The van der Waals surface area contributed by atoms with Crippen LogP contribution in [0.3, 0.4) is 0 Å². The summed E-state index contributed by atoms with van der Waals surface area (Å²) in [6.07, 6.45) is 2.86. The van der Waals surface area contributed by atoms with E-state index < -0.39 is 27.7 Å². The summed E-state index contributed by atoms with van der Waals surface area (Å²) in [6, 6.07) is 4.44. The summed E-state index contributed by atoms with van der Waals surface area (Å²) in [5.41, 5.74) is 0.899. The Kier molecular flexibility index (Phi) is 5.19. The number of benzene rings is 1. The molecule has 27 heavy (non-hydrogen) atoms. The standard InChI is InChI=1S/C19H21NO6S/c1-11(2)25-17(21)10-27(23,24)16-6-4-5-14(12(16)3)18(22)15-9-20-26-19(15)13-7-8-13/h4-6,9,11,13H,7-8,10H2,1-3H3. The third-order valence-corrected chi connectivity index (χ3v) is 6.06. The molecule has 2 aromatic rings. The molecule has 0 aliphatic heterocycles. The molecule has 7 nitrogen and oxygen atoms in total. The van der Waals surface area contributed by atoms with Gasteiger partial charge in [-0.2, -0.15) is 0 Å². The summed E-state index contributed by atoms with van der Waals surface area (Å²) in [7, 11) is -3.94. The van der Waals surface area contributed by atoms with Gasteiger partial charge in [-0.3, -0.25) is 9.59 Å². The summed E-state index contributed by atoms with van der Waals surface area (Å²) < 4.78 is 35.4. The van der Waals surface area contributed by atoms with Gasteiger partial charge in [0, 0.05) is 11.5 Å². The lowest BCUT2D eigenvalue weighted by Gasteiger charge is -2.12. The Hall–Kier alpha value is -2.48. The van der Waals surface area contributed by atoms with E-state index in [1.165, 1.54) is 18.3 Å². The highest BCUT2D eigenvalue weighted by atomic mass is 32.2. The molecule has 0 atom stereocenters. The minimum absolute atomic E-state index is 0.0570. The average Bonchev–Trinajstić information content (AvgIpc) is 3.29. The van der Waals surface area contributed by atoms with Gasteiger partial charge in [0.15, 0.2) is 27.1 Å². The van der Waals surface area contributed by atoms with Crippen molar-refractivity contribution in [3.63, 3.8) is 0 Å². The van der Waals surface area contributed by atoms with Crippen molar-refractivity contribution >= 4 is 21.6 Å². The van der Waals surface area contributed by atoms with Crippen LogP contribution in [0.25, 0.3) is 0 Å². The number of rotatable bonds is 7. The smallest absolute Gasteiger partial charge is 0.321 e. The van der Waals surface area contributed by atoms with Gasteiger partial charge in [0.05, 0.1) is 22.8 Å². The number of esters is 1. The topological polar surface area (TPSA) is 104 Å². The lowest BCUT2D eigenvalue weighted by molar-refractivity contribution is -0.144. The second-order valence-electron chi connectivity index (χ2n) is 6.93. The van der Waals surface area contributed by atoms with Gasteiger partial charge < -0.3 is 9.26 Å². The number of ketones is 1. The summed E-state index contributed by atoms with van der Waals surface area (Å²) >= 11 is 0. The van der Waals surface area contributed by atoms with Crippen molar-refractivity contribution in [3.05, 3.63) is 46.8 Å². The molecule has 8 heteroatoms. The van der Waals surface area contributed by atoms with Crippen LogP contribution in [0.5, 0.6) is 0 Å². The maximum absolute atomic E-state index is 12.9. The quantitative estimate of drug-likeness (QED) is 0.528. The molecule has 0 saturated heterocycles. The maximum atomic E-state index is 12.9. The minimum Gasteiger partial charge on any atom is -0.462 e. The van der Waals surface area contributed by atoms with Crippen molar-refractivity contribution in [1.82, 2.24) is 5.16 Å². The normalized spacial score (nSPS) is 14.4. The predicted molar refractivity (Wildman–Crippen MR) is 96.4 cm³/mol. The zero-order valence-electron chi connectivity index (χ0n) is 15.4. The lowest BCUT2D eigenvalue weighted by Crippen LogP contribution is -2.22. The molecular weight excluding hydrogens is 370 g/mol. The first-order valence-electron chi connectivity index (χ1n) is 8.72. The van der Waals surface area contributed by atoms with Crippen LogP contribution in [0.15, 0.2) is 33.8 Å². The van der Waals surface area contributed by atoms with Crippen LogP contribution < -0.4 is 0 Å². The van der Waals surface area contributed by atoms with E-state index >= 15 is 0 Å². The van der Waals surface area contributed by atoms with Crippen LogP contribution in [0.1, 0.15) is 59.9 Å². The Morgan fingerprint density at radius 1 is 1.26 bits per heavy atom. The van der Waals surface area contributed by atoms with Crippen LogP contribution in [0, 0.1) is 6.92 Å². The first kappa shape index (κ1) is 19.3. The van der Waals surface area contributed by atoms with Crippen LogP contribution in [-0.4, -0.2) is 37.2 Å². The molecule has 0 radical (unpaired) electrons. The number of nitrogens with zero attached hydrogens (tertiary/aromatic N) is 1. The molecule has 144 valence electrons. The molecule has 1 aliphatic carbocycles. The van der Waals surface area contributed by atoms with Crippen molar-refractivity contribution in [1.29, 1.82) is 0 Å². The molecule has 0 unspecified atom stereocenters. The first-order chi connectivity index (χ1) is 12.7. The summed E-state index contributed by atoms with van der Waals surface area (Å²) in [4.78, 5) is 24.7. The number of carbonyl (C=O) groups is 2. The van der Waals surface area contributed by atoms with Gasteiger partial charge >= 0.3 is 5.97 Å². The largest absolute Gasteiger partial charge is 0.462 e. The van der Waals surface area contributed by atoms with E-state index in [1.807, 2.05) is 0 Å². The fraction of sp³-hybridized carbons (Fsp3) is 0.421. The third kappa shape index (κ3) is 4.10. The van der Waals surface area contributed by atoms with Crippen molar-refractivity contribution in [2.75, 3.05) is 5.75 Å². The second-order valence-corrected chi connectivity index (χ2v) is 8.89. The molecular formula is C19H21NO6S. The van der Waals surface area contributed by atoms with Gasteiger partial charge in [0.1, 0.15) is 0 Å². The lowest BCUT2D eigenvalue weighted by atomic mass is 9.99. The summed E-state index contributed by atoms with van der Waals surface area (Å²) in [5, 5.41) is 3.72. The third-order valence-electron chi connectivity index (χ3n) is 4.33. The first-order valence-corrected chi connectivity index (χ1v) is 10.4. The number of hydrogen-bond donors (Lipinski definition) is 0. The van der Waals surface area contributed by atoms with Crippen LogP contribution in [0.4, 0.5) is 0 Å². The van der Waals surface area contributed by atoms with Crippen molar-refractivity contribution in [3.8, 4) is 0 Å². The van der Waals surface area contributed by atoms with Gasteiger partial charge in [-0.1, -0.05) is 17.3 Å². The number of hydrogen-bond acceptors (Lipinski definition) is 7. The van der Waals surface area contributed by atoms with Gasteiger partial charge in [-0.15, -0.1) is 0 Å². The van der Waals surface area contributed by atoms with Gasteiger partial charge in [0.25, 0.3) is 0 Å². The molecule has 0 spiro atoms. The summed E-state index contributed by atoms with van der Waals surface area (Å²) in [6.45, 7) is 4.84. The van der Waals surface area contributed by atoms with Crippen molar-refractivity contribution in [2.24, 2.45) is 0 Å². The molecule has 1 aromatic heterocycles. The minimum atomic E-state index is -3.94. The molecule has 1 aliphatic rings. The highest BCUT2D eigenvalue weighted by Crippen LogP contribution is 2.42. The van der Waals surface area contributed by atoms with E-state index in [1.54, 1.807) is 26.8 Å². The van der Waals surface area contributed by atoms with Crippen LogP contribution in [0.2, 0.25) is 0 Å². The predicted octanol–water partition coefficient (Wildman–Crippen LogP) is 2.82. The Labute approximate surface area is 157 Å². The maximum Gasteiger partial charge on any atom is 0.321 e. The highest BCUT2D eigenvalue weighted by Gasteiger charge is 2.33. The van der Waals surface area contributed by atoms with Gasteiger partial charge in [-0.05, 0) is 45.2 Å². The molecule has 1 fully saturated rings. The van der Waals surface area contributed by atoms with Crippen molar-refractivity contribution < 1.29 is 27.3 Å². The Balaban J connectivity index is 1.93. The summed E-state index contributed by atoms with van der Waals surface area (Å²) in [5.74, 6) is -1.18. The fourth-order valence-corrected chi connectivity index (χ4v) is 4.33. The van der Waals surface area contributed by atoms with E-state index in [0.717, 1.165) is 12.8 Å². The van der Waals surface area contributed by atoms with E-state index in [9.17, 15) is 18.0 Å². The second kappa shape index (κ2) is 7.26. The van der Waals surface area contributed by atoms with Crippen LogP contribution >= 0.6 is 0 Å². The molecule has 0 N–H and O–H groups in total. The molecule has 1 aromatic carbocycles. The van der Waals surface area contributed by atoms with Crippen molar-refractivity contribution in [2.45, 2.75) is 50.5 Å². The zero-order chi connectivity index (χ0) is 19.8. The fourth-order valence-electron chi connectivity index (χ4n) is 2.93. The van der Waals surface area contributed by atoms with Gasteiger partial charge in [-0.25, -0.2) is 8.42 Å². The SMILES string of the molecule is Cc1c(C(=O)c2cnoc2C2CC2)cccc1S(=O)(=O)CC(=O)OC(C)C. The number of sulfone groups is 1. The molecule has 1 heterocycles. The molecule has 0 bridgehead atoms. The van der Waals surface area contributed by atoms with E-state index in [2.05, 4.69) is 5.16 Å². The van der Waals surface area contributed by atoms with E-state index in [0.29, 0.717) is 16.9 Å². The van der Waals surface area contributed by atoms with Crippen LogP contribution in [-0.2, 0) is 19.4 Å². The molecule has 0 amide bonds. The van der Waals surface area contributed by atoms with Gasteiger partial charge in [0.2, 0.25) is 0 Å². The van der Waals surface area contributed by atoms with E-state index in [-0.39, 0.29) is 22.2 Å². The Morgan fingerprint density at radius 2 is 1.96 bits per heavy atom. The Morgan fingerprint density at radius 3 is 2.59 bits per heavy atom. The molecule has 1 saturated carbocycles. The number of ether oxygens (including phenoxy) is 1. The van der Waals surface area contributed by atoms with E-state index in [4.69, 9.17) is 9.26 Å². The average molecular weight is 391 g/mol. The Bertz CT molecular complexity index is 985. The zero-order valence-corrected chi connectivity index (χ0v) is 16.2. The number of aromatic nitrogens is 1.